The molecule has 1 N–H and O–H groups in total. The molecule has 1 saturated heterocycles. The zero-order valence-electron chi connectivity index (χ0n) is 10.8. The number of nitrogens with zero attached hydrogens (tertiary/aromatic N) is 1. The summed E-state index contributed by atoms with van der Waals surface area (Å²) in [6.45, 7) is 10.3. The van der Waals surface area contributed by atoms with Crippen LogP contribution in [0.5, 0.6) is 0 Å². The van der Waals surface area contributed by atoms with Crippen molar-refractivity contribution in [2.75, 3.05) is 19.7 Å². The molecular weight excluding hydrogens is 204 g/mol. The summed E-state index contributed by atoms with van der Waals surface area (Å²) in [5, 5.41) is 2.99. The average Bonchev–Trinajstić information content (AvgIpc) is 2.23. The number of morpholine rings is 1. The van der Waals surface area contributed by atoms with E-state index in [0.717, 1.165) is 19.6 Å². The van der Waals surface area contributed by atoms with Crippen molar-refractivity contribution >= 4 is 5.91 Å². The first-order chi connectivity index (χ1) is 7.52. The lowest BCUT2D eigenvalue weighted by molar-refractivity contribution is -0.126. The third-order valence-corrected chi connectivity index (χ3v) is 3.10. The average molecular weight is 228 g/mol. The second-order valence-corrected chi connectivity index (χ2v) is 4.80. The molecule has 0 aromatic rings. The van der Waals surface area contributed by atoms with Gasteiger partial charge in [-0.15, -0.1) is 0 Å². The first-order valence-corrected chi connectivity index (χ1v) is 6.18. The van der Waals surface area contributed by atoms with Gasteiger partial charge in [0.25, 0.3) is 0 Å². The maximum absolute atomic E-state index is 11.7. The quantitative estimate of drug-likeness (QED) is 0.781. The standard InChI is InChI=1S/C12H24N2O2/c1-5-9(2)13-12(15)7-14-6-11(4)16-8-10(14)3/h9-11H,5-8H2,1-4H3,(H,13,15). The Morgan fingerprint density at radius 1 is 1.56 bits per heavy atom. The lowest BCUT2D eigenvalue weighted by atomic mass is 10.2. The number of amides is 1. The molecule has 0 aromatic heterocycles. The Hall–Kier alpha value is -0.610. The Morgan fingerprint density at radius 2 is 2.25 bits per heavy atom. The Labute approximate surface area is 98.3 Å². The van der Waals surface area contributed by atoms with Gasteiger partial charge in [0.1, 0.15) is 0 Å². The molecule has 1 aliphatic rings. The molecule has 94 valence electrons. The molecule has 4 nitrogen and oxygen atoms in total. The van der Waals surface area contributed by atoms with Gasteiger partial charge in [0.2, 0.25) is 5.91 Å². The summed E-state index contributed by atoms with van der Waals surface area (Å²) in [6, 6.07) is 0.597. The van der Waals surface area contributed by atoms with E-state index < -0.39 is 0 Å². The van der Waals surface area contributed by atoms with Crippen LogP contribution in [-0.4, -0.2) is 48.7 Å². The minimum Gasteiger partial charge on any atom is -0.376 e. The largest absolute Gasteiger partial charge is 0.376 e. The lowest BCUT2D eigenvalue weighted by Gasteiger charge is -2.36. The van der Waals surface area contributed by atoms with E-state index in [1.165, 1.54) is 0 Å². The minimum absolute atomic E-state index is 0.121. The fraction of sp³-hybridized carbons (Fsp3) is 0.917. The van der Waals surface area contributed by atoms with E-state index >= 15 is 0 Å². The third kappa shape index (κ3) is 4.10. The van der Waals surface area contributed by atoms with E-state index in [1.807, 2.05) is 13.8 Å². The van der Waals surface area contributed by atoms with Crippen LogP contribution in [0.4, 0.5) is 0 Å². The van der Waals surface area contributed by atoms with Gasteiger partial charge in [-0.05, 0) is 27.2 Å². The van der Waals surface area contributed by atoms with Crippen molar-refractivity contribution in [1.29, 1.82) is 0 Å². The molecule has 1 heterocycles. The topological polar surface area (TPSA) is 41.6 Å². The molecule has 1 rings (SSSR count). The predicted octanol–water partition coefficient (Wildman–Crippen LogP) is 1.01. The van der Waals surface area contributed by atoms with E-state index in [2.05, 4.69) is 24.1 Å². The summed E-state index contributed by atoms with van der Waals surface area (Å²) in [6.07, 6.45) is 1.20. The second kappa shape index (κ2) is 6.21. The molecule has 0 bridgehead atoms. The summed E-state index contributed by atoms with van der Waals surface area (Å²) >= 11 is 0. The van der Waals surface area contributed by atoms with Gasteiger partial charge in [0, 0.05) is 18.6 Å². The van der Waals surface area contributed by atoms with Crippen molar-refractivity contribution in [3.8, 4) is 0 Å². The first kappa shape index (κ1) is 13.5. The highest BCUT2D eigenvalue weighted by molar-refractivity contribution is 5.78. The molecule has 3 unspecified atom stereocenters. The highest BCUT2D eigenvalue weighted by atomic mass is 16.5. The summed E-state index contributed by atoms with van der Waals surface area (Å²) < 4.78 is 5.53. The number of hydrogen-bond acceptors (Lipinski definition) is 3. The summed E-state index contributed by atoms with van der Waals surface area (Å²) in [4.78, 5) is 13.9. The van der Waals surface area contributed by atoms with Gasteiger partial charge in [0.15, 0.2) is 0 Å². The Kier molecular flexibility index (Phi) is 5.22. The Morgan fingerprint density at radius 3 is 2.88 bits per heavy atom. The molecular formula is C12H24N2O2. The molecule has 1 fully saturated rings. The zero-order chi connectivity index (χ0) is 12.1. The number of nitrogens with one attached hydrogen (secondary N) is 1. The van der Waals surface area contributed by atoms with E-state index in [4.69, 9.17) is 4.74 Å². The van der Waals surface area contributed by atoms with Crippen LogP contribution in [-0.2, 0) is 9.53 Å². The van der Waals surface area contributed by atoms with Crippen molar-refractivity contribution in [1.82, 2.24) is 10.2 Å². The highest BCUT2D eigenvalue weighted by Crippen LogP contribution is 2.10. The van der Waals surface area contributed by atoms with Gasteiger partial charge < -0.3 is 10.1 Å². The van der Waals surface area contributed by atoms with Crippen LogP contribution < -0.4 is 5.32 Å². The van der Waals surface area contributed by atoms with Gasteiger partial charge in [-0.1, -0.05) is 6.92 Å². The van der Waals surface area contributed by atoms with Crippen LogP contribution in [0.25, 0.3) is 0 Å². The molecule has 1 amide bonds. The van der Waals surface area contributed by atoms with Crippen molar-refractivity contribution in [3.05, 3.63) is 0 Å². The molecule has 0 spiro atoms. The minimum atomic E-state index is 0.121. The number of carbonyl (C=O) groups excluding carboxylic acids is 1. The molecule has 1 aliphatic heterocycles. The molecule has 0 aromatic carbocycles. The Bertz CT molecular complexity index is 233. The number of carbonyl (C=O) groups is 1. The van der Waals surface area contributed by atoms with Crippen LogP contribution in [0.3, 0.4) is 0 Å². The summed E-state index contributed by atoms with van der Waals surface area (Å²) in [7, 11) is 0. The van der Waals surface area contributed by atoms with Crippen LogP contribution in [0, 0.1) is 0 Å². The van der Waals surface area contributed by atoms with Crippen LogP contribution in [0.2, 0.25) is 0 Å². The predicted molar refractivity (Wildman–Crippen MR) is 64.3 cm³/mol. The van der Waals surface area contributed by atoms with Crippen LogP contribution in [0.15, 0.2) is 0 Å². The van der Waals surface area contributed by atoms with Crippen molar-refractivity contribution in [3.63, 3.8) is 0 Å². The zero-order valence-corrected chi connectivity index (χ0v) is 10.8. The molecule has 0 radical (unpaired) electrons. The van der Waals surface area contributed by atoms with E-state index in [0.29, 0.717) is 12.6 Å². The maximum atomic E-state index is 11.7. The first-order valence-electron chi connectivity index (χ1n) is 6.18. The highest BCUT2D eigenvalue weighted by Gasteiger charge is 2.25. The molecule has 0 saturated carbocycles. The SMILES string of the molecule is CCC(C)NC(=O)CN1CC(C)OCC1C. The lowest BCUT2D eigenvalue weighted by Crippen LogP contribution is -2.51. The van der Waals surface area contributed by atoms with Gasteiger partial charge in [-0.2, -0.15) is 0 Å². The number of rotatable bonds is 4. The van der Waals surface area contributed by atoms with Crippen molar-refractivity contribution in [2.45, 2.75) is 52.3 Å². The van der Waals surface area contributed by atoms with Gasteiger partial charge >= 0.3 is 0 Å². The third-order valence-electron chi connectivity index (χ3n) is 3.10. The van der Waals surface area contributed by atoms with Gasteiger partial charge in [-0.25, -0.2) is 0 Å². The molecule has 4 heteroatoms. The van der Waals surface area contributed by atoms with Crippen molar-refractivity contribution < 1.29 is 9.53 Å². The smallest absolute Gasteiger partial charge is 0.234 e. The number of hydrogen-bond donors (Lipinski definition) is 1. The van der Waals surface area contributed by atoms with Gasteiger partial charge in [0.05, 0.1) is 19.3 Å². The van der Waals surface area contributed by atoms with E-state index in [-0.39, 0.29) is 18.1 Å². The molecule has 3 atom stereocenters. The second-order valence-electron chi connectivity index (χ2n) is 4.80. The van der Waals surface area contributed by atoms with E-state index in [9.17, 15) is 4.79 Å². The Balaban J connectivity index is 2.37. The number of ether oxygens (including phenoxy) is 1. The summed E-state index contributed by atoms with van der Waals surface area (Å²) in [5.74, 6) is 0.121. The maximum Gasteiger partial charge on any atom is 0.234 e. The monoisotopic (exact) mass is 228 g/mol. The van der Waals surface area contributed by atoms with E-state index in [1.54, 1.807) is 0 Å². The van der Waals surface area contributed by atoms with Crippen molar-refractivity contribution in [2.24, 2.45) is 0 Å². The van der Waals surface area contributed by atoms with Crippen LogP contribution in [0.1, 0.15) is 34.1 Å². The molecule has 16 heavy (non-hydrogen) atoms. The fourth-order valence-corrected chi connectivity index (χ4v) is 1.80. The van der Waals surface area contributed by atoms with Gasteiger partial charge in [-0.3, -0.25) is 9.69 Å². The summed E-state index contributed by atoms with van der Waals surface area (Å²) in [5.41, 5.74) is 0. The molecule has 0 aliphatic carbocycles. The normalized spacial score (nSPS) is 28.8. The van der Waals surface area contributed by atoms with Crippen LogP contribution >= 0.6 is 0 Å². The fourth-order valence-electron chi connectivity index (χ4n) is 1.80.